The lowest BCUT2D eigenvalue weighted by atomic mass is 9.96. The minimum absolute atomic E-state index is 0.000380. The van der Waals surface area contributed by atoms with Crippen molar-refractivity contribution in [3.05, 3.63) is 39.7 Å². The third-order valence-electron chi connectivity index (χ3n) is 6.81. The predicted octanol–water partition coefficient (Wildman–Crippen LogP) is 3.03. The minimum Gasteiger partial charge on any atom is -0.477 e. The number of anilines is 1. The van der Waals surface area contributed by atoms with Gasteiger partial charge in [-0.25, -0.2) is 13.6 Å². The Kier molecular flexibility index (Phi) is 4.17. The molecule has 2 bridgehead atoms. The fraction of sp³-hybridized carbons (Fsp3) is 0.524. The molecular weight excluding hydrogens is 380 g/mol. The number of nitrogens with zero attached hydrogens (tertiary/aromatic N) is 2. The van der Waals surface area contributed by atoms with E-state index < -0.39 is 28.6 Å². The molecule has 154 valence electrons. The zero-order valence-electron chi connectivity index (χ0n) is 16.1. The van der Waals surface area contributed by atoms with Crippen LogP contribution in [0.25, 0.3) is 10.9 Å². The molecule has 6 nitrogen and oxygen atoms in total. The molecule has 3 heterocycles. The van der Waals surface area contributed by atoms with Gasteiger partial charge in [0.1, 0.15) is 17.1 Å². The zero-order valence-corrected chi connectivity index (χ0v) is 16.1. The number of likely N-dealkylation sites (N-methyl/N-ethyl adjacent to an activating group) is 1. The van der Waals surface area contributed by atoms with Crippen molar-refractivity contribution in [3.8, 4) is 0 Å². The lowest BCUT2D eigenvalue weighted by Gasteiger charge is -2.42. The van der Waals surface area contributed by atoms with Gasteiger partial charge >= 0.3 is 5.97 Å². The van der Waals surface area contributed by atoms with E-state index in [9.17, 15) is 14.7 Å². The summed E-state index contributed by atoms with van der Waals surface area (Å²) in [7, 11) is 1.87. The first-order chi connectivity index (χ1) is 13.9. The van der Waals surface area contributed by atoms with Gasteiger partial charge in [0.2, 0.25) is 5.43 Å². The molecule has 0 amide bonds. The van der Waals surface area contributed by atoms with Gasteiger partial charge in [-0.2, -0.15) is 0 Å². The van der Waals surface area contributed by atoms with Gasteiger partial charge in [-0.15, -0.1) is 0 Å². The number of rotatable bonds is 4. The number of piperidine rings is 1. The second-order valence-electron chi connectivity index (χ2n) is 8.41. The summed E-state index contributed by atoms with van der Waals surface area (Å²) in [6.07, 6.45) is 6.34. The predicted molar refractivity (Wildman–Crippen MR) is 105 cm³/mol. The molecule has 3 fully saturated rings. The quantitative estimate of drug-likeness (QED) is 0.821. The monoisotopic (exact) mass is 403 g/mol. The molecule has 2 aliphatic heterocycles. The lowest BCUT2D eigenvalue weighted by molar-refractivity contribution is 0.0695. The first-order valence-electron chi connectivity index (χ1n) is 10.2. The molecule has 2 aromatic rings. The first kappa shape index (κ1) is 18.5. The van der Waals surface area contributed by atoms with E-state index >= 15 is 8.78 Å². The maximum absolute atomic E-state index is 15.9. The lowest BCUT2D eigenvalue weighted by Crippen LogP contribution is -2.53. The van der Waals surface area contributed by atoms with E-state index in [4.69, 9.17) is 0 Å². The summed E-state index contributed by atoms with van der Waals surface area (Å²) in [5.74, 6) is -2.94. The van der Waals surface area contributed by atoms with Crippen molar-refractivity contribution >= 4 is 22.6 Å². The van der Waals surface area contributed by atoms with E-state index in [2.05, 4.69) is 5.32 Å². The molecule has 1 aliphatic carbocycles. The van der Waals surface area contributed by atoms with Crippen LogP contribution in [0.3, 0.4) is 0 Å². The van der Waals surface area contributed by atoms with Gasteiger partial charge in [-0.3, -0.25) is 4.79 Å². The van der Waals surface area contributed by atoms with Crippen LogP contribution >= 0.6 is 0 Å². The highest BCUT2D eigenvalue weighted by atomic mass is 19.1. The van der Waals surface area contributed by atoms with Crippen LogP contribution in [0.2, 0.25) is 0 Å². The van der Waals surface area contributed by atoms with Crippen LogP contribution in [-0.2, 0) is 0 Å². The normalized spacial score (nSPS) is 26.3. The maximum Gasteiger partial charge on any atom is 0.341 e. The Hall–Kier alpha value is -2.48. The minimum atomic E-state index is -1.39. The maximum atomic E-state index is 15.9. The highest BCUT2D eigenvalue weighted by Gasteiger charge is 2.44. The molecule has 0 spiro atoms. The molecule has 29 heavy (non-hydrogen) atoms. The van der Waals surface area contributed by atoms with Crippen molar-refractivity contribution in [2.45, 2.75) is 62.7 Å². The Balaban J connectivity index is 1.77. The summed E-state index contributed by atoms with van der Waals surface area (Å²) in [6, 6.07) is 1.20. The molecule has 3 atom stereocenters. The number of nitrogens with one attached hydrogen (secondary N) is 1. The fourth-order valence-corrected chi connectivity index (χ4v) is 5.30. The fourth-order valence-electron chi connectivity index (χ4n) is 5.30. The van der Waals surface area contributed by atoms with Gasteiger partial charge in [0.15, 0.2) is 5.82 Å². The number of aromatic carboxylic acids is 1. The van der Waals surface area contributed by atoms with Crippen molar-refractivity contribution in [2.24, 2.45) is 0 Å². The SMILES string of the molecule is CNC1CCC2CCC1N2c1c(F)cc2c(=O)c(C(=O)O)cn(C3CC3)c2c1F. The molecule has 1 aromatic heterocycles. The van der Waals surface area contributed by atoms with E-state index in [1.165, 1.54) is 10.8 Å². The molecule has 2 saturated heterocycles. The van der Waals surface area contributed by atoms with Gasteiger partial charge in [0.05, 0.1) is 10.9 Å². The summed E-state index contributed by atoms with van der Waals surface area (Å²) >= 11 is 0. The molecule has 8 heteroatoms. The number of pyridine rings is 1. The Bertz CT molecular complexity index is 1080. The highest BCUT2D eigenvalue weighted by Crippen LogP contribution is 2.44. The second-order valence-corrected chi connectivity index (χ2v) is 8.41. The summed E-state index contributed by atoms with van der Waals surface area (Å²) in [6.45, 7) is 0. The molecular formula is C21H23F2N3O3. The highest BCUT2D eigenvalue weighted by molar-refractivity contribution is 5.94. The van der Waals surface area contributed by atoms with Gasteiger partial charge in [-0.05, 0) is 51.6 Å². The van der Waals surface area contributed by atoms with Crippen LogP contribution in [0.1, 0.15) is 54.9 Å². The Morgan fingerprint density at radius 1 is 1.14 bits per heavy atom. The second kappa shape index (κ2) is 6.52. The first-order valence-corrected chi connectivity index (χ1v) is 10.2. The number of aromatic nitrogens is 1. The van der Waals surface area contributed by atoms with Gasteiger partial charge in [-0.1, -0.05) is 0 Å². The third-order valence-corrected chi connectivity index (χ3v) is 6.81. The van der Waals surface area contributed by atoms with E-state index in [0.717, 1.165) is 44.6 Å². The van der Waals surface area contributed by atoms with Gasteiger partial charge in [0.25, 0.3) is 0 Å². The van der Waals surface area contributed by atoms with E-state index in [0.29, 0.717) is 0 Å². The van der Waals surface area contributed by atoms with Crippen molar-refractivity contribution < 1.29 is 18.7 Å². The zero-order chi connectivity index (χ0) is 20.4. The summed E-state index contributed by atoms with van der Waals surface area (Å²) in [4.78, 5) is 26.0. The topological polar surface area (TPSA) is 74.6 Å². The van der Waals surface area contributed by atoms with Crippen LogP contribution in [0.5, 0.6) is 0 Å². The van der Waals surface area contributed by atoms with Crippen molar-refractivity contribution in [1.29, 1.82) is 0 Å². The standard InChI is InChI=1S/C21H23F2N3O3/c1-24-15-6-4-11-5-7-16(15)26(11)19-14(22)8-12-18(17(19)23)25(10-2-3-10)9-13(20(12)27)21(28)29/h8-11,15-16,24H,2-7H2,1H3,(H,28,29). The number of hydrogen-bond acceptors (Lipinski definition) is 4. The molecule has 3 unspecified atom stereocenters. The number of carbonyl (C=O) groups is 1. The van der Waals surface area contributed by atoms with Crippen molar-refractivity contribution in [1.82, 2.24) is 9.88 Å². The molecule has 3 aliphatic rings. The Morgan fingerprint density at radius 3 is 2.48 bits per heavy atom. The van der Waals surface area contributed by atoms with Crippen LogP contribution in [-0.4, -0.2) is 40.8 Å². The summed E-state index contributed by atoms with van der Waals surface area (Å²) < 4.78 is 32.6. The van der Waals surface area contributed by atoms with Crippen LogP contribution in [0, 0.1) is 11.6 Å². The Morgan fingerprint density at radius 2 is 1.83 bits per heavy atom. The molecule has 0 radical (unpaired) electrons. The number of carboxylic acid groups (broad SMARTS) is 1. The van der Waals surface area contributed by atoms with Crippen LogP contribution in [0.4, 0.5) is 14.5 Å². The molecule has 2 N–H and O–H groups in total. The molecule has 1 saturated carbocycles. The number of halogens is 2. The summed E-state index contributed by atoms with van der Waals surface area (Å²) in [5, 5.41) is 12.4. The average Bonchev–Trinajstić information content (AvgIpc) is 3.48. The smallest absolute Gasteiger partial charge is 0.341 e. The average molecular weight is 403 g/mol. The van der Waals surface area contributed by atoms with Crippen LogP contribution < -0.4 is 15.6 Å². The van der Waals surface area contributed by atoms with E-state index in [-0.39, 0.29) is 40.8 Å². The number of fused-ring (bicyclic) bond motifs is 3. The van der Waals surface area contributed by atoms with E-state index in [1.807, 2.05) is 11.9 Å². The Labute approximate surface area is 166 Å². The third kappa shape index (κ3) is 2.68. The van der Waals surface area contributed by atoms with E-state index in [1.54, 1.807) is 0 Å². The number of benzene rings is 1. The summed E-state index contributed by atoms with van der Waals surface area (Å²) in [5.41, 5.74) is -1.36. The van der Waals surface area contributed by atoms with Crippen molar-refractivity contribution in [3.63, 3.8) is 0 Å². The van der Waals surface area contributed by atoms with Crippen LogP contribution in [0.15, 0.2) is 17.1 Å². The van der Waals surface area contributed by atoms with Crippen molar-refractivity contribution in [2.75, 3.05) is 11.9 Å². The molecule has 1 aromatic carbocycles. The van der Waals surface area contributed by atoms with Gasteiger partial charge < -0.3 is 19.9 Å². The number of carboxylic acids is 1. The largest absolute Gasteiger partial charge is 0.477 e. The number of hydrogen-bond donors (Lipinski definition) is 2. The molecule has 5 rings (SSSR count). The van der Waals surface area contributed by atoms with Gasteiger partial charge in [0, 0.05) is 30.4 Å².